The molecule has 0 N–H and O–H groups in total. The fourth-order valence-corrected chi connectivity index (χ4v) is 4.39. The number of alkyl halides is 2. The number of hydrogen-bond donors (Lipinski definition) is 0. The molecule has 1 aliphatic heterocycles. The van der Waals surface area contributed by atoms with Gasteiger partial charge in [0.2, 0.25) is 0 Å². The Morgan fingerprint density at radius 2 is 2.07 bits per heavy atom. The maximum atomic E-state index is 14.8. The summed E-state index contributed by atoms with van der Waals surface area (Å²) in [7, 11) is 1.10. The number of fused-ring (bicyclic) bond motifs is 1. The van der Waals surface area contributed by atoms with E-state index in [0.29, 0.717) is 5.69 Å². The minimum absolute atomic E-state index is 0.614. The predicted molar refractivity (Wildman–Crippen MR) is 93.7 cm³/mol. The van der Waals surface area contributed by atoms with E-state index in [1.165, 1.54) is 6.92 Å². The number of pyridine rings is 1. The van der Waals surface area contributed by atoms with Gasteiger partial charge in [-0.2, -0.15) is 0 Å². The van der Waals surface area contributed by atoms with Crippen LogP contribution in [0.4, 0.5) is 8.78 Å². The molecule has 0 spiro atoms. The summed E-state index contributed by atoms with van der Waals surface area (Å²) in [6.07, 6.45) is 3.39. The molecule has 2 fully saturated rings. The minimum atomic E-state index is -3.22. The first-order chi connectivity index (χ1) is 12.6. The molecule has 0 bridgehead atoms. The van der Waals surface area contributed by atoms with E-state index in [4.69, 9.17) is 9.47 Å². The molecule has 0 radical (unpaired) electrons. The summed E-state index contributed by atoms with van der Waals surface area (Å²) in [4.78, 5) is 29.2. The summed E-state index contributed by atoms with van der Waals surface area (Å²) in [5.74, 6) is -7.65. The van der Waals surface area contributed by atoms with Gasteiger partial charge in [-0.3, -0.25) is 14.6 Å². The molecule has 0 aromatic carbocycles. The summed E-state index contributed by atoms with van der Waals surface area (Å²) in [5.41, 5.74) is -0.388. The number of halogens is 2. The van der Waals surface area contributed by atoms with Crippen molar-refractivity contribution >= 4 is 18.0 Å². The Hall–Kier alpha value is -2.31. The van der Waals surface area contributed by atoms with Crippen molar-refractivity contribution in [3.05, 3.63) is 35.7 Å². The number of allylic oxidation sites excluding steroid dienone is 1. The van der Waals surface area contributed by atoms with Crippen LogP contribution in [0.5, 0.6) is 0 Å². The molecular weight excluding hydrogens is 356 g/mol. The highest BCUT2D eigenvalue weighted by atomic mass is 19.3. The number of esters is 2. The smallest absolute Gasteiger partial charge is 0.324 e. The third kappa shape index (κ3) is 3.03. The van der Waals surface area contributed by atoms with Gasteiger partial charge in [0.05, 0.1) is 12.8 Å². The van der Waals surface area contributed by atoms with E-state index in [0.717, 1.165) is 12.7 Å². The van der Waals surface area contributed by atoms with Crippen LogP contribution < -0.4 is 0 Å². The average molecular weight is 379 g/mol. The van der Waals surface area contributed by atoms with Crippen molar-refractivity contribution in [3.8, 4) is 0 Å². The molecule has 5 nitrogen and oxygen atoms in total. The summed E-state index contributed by atoms with van der Waals surface area (Å²) < 4.78 is 39.7. The second-order valence-corrected chi connectivity index (χ2v) is 7.52. The molecule has 27 heavy (non-hydrogen) atoms. The van der Waals surface area contributed by atoms with Gasteiger partial charge in [-0.15, -0.1) is 0 Å². The number of hydrogen-bond acceptors (Lipinski definition) is 5. The molecule has 5 atom stereocenters. The molecule has 1 aliphatic carbocycles. The van der Waals surface area contributed by atoms with Gasteiger partial charge in [-0.1, -0.05) is 19.1 Å². The molecule has 2 heterocycles. The Kier molecular flexibility index (Phi) is 4.82. The van der Waals surface area contributed by atoms with Crippen molar-refractivity contribution in [1.82, 2.24) is 4.98 Å². The Morgan fingerprint density at radius 3 is 2.67 bits per heavy atom. The average Bonchev–Trinajstić information content (AvgIpc) is 2.86. The summed E-state index contributed by atoms with van der Waals surface area (Å²) >= 11 is 0. The third-order valence-electron chi connectivity index (χ3n) is 5.88. The number of nitrogens with zero attached hydrogens (tertiary/aromatic N) is 1. The molecule has 1 aromatic rings. The zero-order chi connectivity index (χ0) is 20.0. The van der Waals surface area contributed by atoms with Crippen LogP contribution in [0, 0.1) is 30.1 Å². The van der Waals surface area contributed by atoms with Gasteiger partial charge in [0, 0.05) is 24.5 Å². The van der Waals surface area contributed by atoms with Crippen molar-refractivity contribution in [2.45, 2.75) is 39.2 Å². The standard InChI is InChI=1S/C20H23F2NO4/c1-11-5-6-14(23-9-11)7-8-15-12(2)20(21,22)10-19(17(24)26-4)16(15)13(3)27-18(19)25/h5-9,12-13,15-16H,10H2,1-4H3/b8-7+/t12-,13+,15-,16-,19+/m0/s1. The lowest BCUT2D eigenvalue weighted by atomic mass is 9.56. The van der Waals surface area contributed by atoms with Crippen LogP contribution in [-0.2, 0) is 19.1 Å². The zero-order valence-corrected chi connectivity index (χ0v) is 15.7. The fourth-order valence-electron chi connectivity index (χ4n) is 4.39. The normalized spacial score (nSPS) is 35.0. The van der Waals surface area contributed by atoms with Crippen molar-refractivity contribution in [1.29, 1.82) is 0 Å². The van der Waals surface area contributed by atoms with E-state index in [2.05, 4.69) is 4.98 Å². The Labute approximate surface area is 156 Å². The number of aryl methyl sites for hydroxylation is 1. The van der Waals surface area contributed by atoms with E-state index in [-0.39, 0.29) is 0 Å². The lowest BCUT2D eigenvalue weighted by Crippen LogP contribution is -2.57. The van der Waals surface area contributed by atoms with Crippen LogP contribution in [0.25, 0.3) is 6.08 Å². The number of rotatable bonds is 3. The van der Waals surface area contributed by atoms with Gasteiger partial charge in [-0.25, -0.2) is 8.78 Å². The second kappa shape index (κ2) is 6.69. The summed E-state index contributed by atoms with van der Waals surface area (Å²) in [5, 5.41) is 0. The Morgan fingerprint density at radius 1 is 1.37 bits per heavy atom. The monoisotopic (exact) mass is 379 g/mol. The highest BCUT2D eigenvalue weighted by Gasteiger charge is 2.72. The molecule has 146 valence electrons. The van der Waals surface area contributed by atoms with E-state index in [1.807, 2.05) is 13.0 Å². The van der Waals surface area contributed by atoms with E-state index < -0.39 is 53.6 Å². The van der Waals surface area contributed by atoms with Gasteiger partial charge in [-0.05, 0) is 37.5 Å². The van der Waals surface area contributed by atoms with Crippen LogP contribution in [0.3, 0.4) is 0 Å². The van der Waals surface area contributed by atoms with E-state index in [1.54, 1.807) is 31.3 Å². The topological polar surface area (TPSA) is 65.5 Å². The van der Waals surface area contributed by atoms with Gasteiger partial charge in [0.25, 0.3) is 5.92 Å². The molecule has 1 saturated heterocycles. The quantitative estimate of drug-likeness (QED) is 0.595. The Balaban J connectivity index is 2.06. The summed E-state index contributed by atoms with van der Waals surface area (Å²) in [6, 6.07) is 3.65. The van der Waals surface area contributed by atoms with Crippen molar-refractivity contribution in [2.24, 2.45) is 23.2 Å². The first-order valence-corrected chi connectivity index (χ1v) is 8.91. The number of ether oxygens (including phenoxy) is 2. The van der Waals surface area contributed by atoms with Crippen molar-refractivity contribution < 1.29 is 27.8 Å². The number of carbonyl (C=O) groups excluding carboxylic acids is 2. The maximum Gasteiger partial charge on any atom is 0.324 e. The zero-order valence-electron chi connectivity index (χ0n) is 15.7. The van der Waals surface area contributed by atoms with Crippen molar-refractivity contribution in [3.63, 3.8) is 0 Å². The molecule has 2 aliphatic rings. The minimum Gasteiger partial charge on any atom is -0.468 e. The molecule has 3 rings (SSSR count). The van der Waals surface area contributed by atoms with Crippen molar-refractivity contribution in [2.75, 3.05) is 7.11 Å². The predicted octanol–water partition coefficient (Wildman–Crippen LogP) is 3.42. The number of methoxy groups -OCH3 is 1. The Bertz CT molecular complexity index is 767. The first-order valence-electron chi connectivity index (χ1n) is 8.91. The fraction of sp³-hybridized carbons (Fsp3) is 0.550. The first kappa shape index (κ1) is 19.5. The SMILES string of the molecule is COC(=O)[C@@]12CC(F)(F)[C@@H](C)[C@H](/C=C/c3ccc(C)cn3)[C@@H]1[C@@H](C)OC2=O. The van der Waals surface area contributed by atoms with Gasteiger partial charge in [0.1, 0.15) is 6.10 Å². The maximum absolute atomic E-state index is 14.8. The highest BCUT2D eigenvalue weighted by Crippen LogP contribution is 2.59. The van der Waals surface area contributed by atoms with Crippen LogP contribution in [0.15, 0.2) is 24.4 Å². The largest absolute Gasteiger partial charge is 0.468 e. The number of cyclic esters (lactones) is 1. The third-order valence-corrected chi connectivity index (χ3v) is 5.88. The van der Waals surface area contributed by atoms with E-state index in [9.17, 15) is 18.4 Å². The van der Waals surface area contributed by atoms with Crippen LogP contribution in [0.2, 0.25) is 0 Å². The molecule has 1 saturated carbocycles. The number of aromatic nitrogens is 1. The highest BCUT2D eigenvalue weighted by molar-refractivity contribution is 6.02. The molecule has 0 unspecified atom stereocenters. The van der Waals surface area contributed by atoms with Crippen LogP contribution in [-0.4, -0.2) is 36.1 Å². The van der Waals surface area contributed by atoms with Gasteiger partial charge in [0.15, 0.2) is 5.41 Å². The van der Waals surface area contributed by atoms with Crippen LogP contribution in [0.1, 0.15) is 31.5 Å². The lowest BCUT2D eigenvalue weighted by Gasteiger charge is -2.46. The second-order valence-electron chi connectivity index (χ2n) is 7.52. The molecule has 0 amide bonds. The lowest BCUT2D eigenvalue weighted by molar-refractivity contribution is -0.190. The number of carbonyl (C=O) groups is 2. The van der Waals surface area contributed by atoms with E-state index >= 15 is 0 Å². The molecule has 1 aromatic heterocycles. The van der Waals surface area contributed by atoms with Gasteiger partial charge < -0.3 is 9.47 Å². The molecular formula is C20H23F2NO4. The van der Waals surface area contributed by atoms with Gasteiger partial charge >= 0.3 is 11.9 Å². The van der Waals surface area contributed by atoms with Crippen LogP contribution >= 0.6 is 0 Å². The summed E-state index contributed by atoms with van der Waals surface area (Å²) in [6.45, 7) is 4.97. The molecule has 7 heteroatoms.